The molecule has 1 saturated heterocycles. The minimum atomic E-state index is -0.325. The fraction of sp³-hybridized carbons (Fsp3) is 1.00. The number of hydrogen-bond donors (Lipinski definition) is 1. The summed E-state index contributed by atoms with van der Waals surface area (Å²) in [5.41, 5.74) is 0.609. The number of hydrogen-bond acceptors (Lipinski definition) is 3. The Balaban J connectivity index is 1.16. The van der Waals surface area contributed by atoms with Gasteiger partial charge in [-0.25, -0.2) is 0 Å². The van der Waals surface area contributed by atoms with Gasteiger partial charge in [-0.15, -0.1) is 0 Å². The molecule has 0 unspecified atom stereocenters. The summed E-state index contributed by atoms with van der Waals surface area (Å²) < 4.78 is 5.95. The highest BCUT2D eigenvalue weighted by Gasteiger charge is 2.50. The zero-order valence-electron chi connectivity index (χ0n) is 16.5. The number of aliphatic hydroxyl groups excluding tert-OH is 1. The molecule has 144 valence electrons. The second kappa shape index (κ2) is 7.48. The Hall–Kier alpha value is -0.120. The molecular weight excluding hydrogens is 310 g/mol. The molecule has 0 radical (unpaired) electrons. The molecule has 5 fully saturated rings. The van der Waals surface area contributed by atoms with E-state index in [1.807, 2.05) is 0 Å². The number of piperidine rings is 1. The van der Waals surface area contributed by atoms with Crippen molar-refractivity contribution in [2.24, 2.45) is 35.0 Å². The average molecular weight is 350 g/mol. The van der Waals surface area contributed by atoms with Gasteiger partial charge in [0.05, 0.1) is 12.7 Å². The van der Waals surface area contributed by atoms with E-state index in [9.17, 15) is 5.11 Å². The first kappa shape index (κ1) is 18.3. The first-order valence-corrected chi connectivity index (χ1v) is 11.0. The highest BCUT2D eigenvalue weighted by Crippen LogP contribution is 2.61. The van der Waals surface area contributed by atoms with E-state index in [-0.39, 0.29) is 6.10 Å². The lowest BCUT2D eigenvalue weighted by molar-refractivity contribution is -0.0746. The minimum Gasteiger partial charge on any atom is -0.389 e. The Morgan fingerprint density at radius 2 is 1.52 bits per heavy atom. The summed E-state index contributed by atoms with van der Waals surface area (Å²) in [5.74, 6) is 4.60. The highest BCUT2D eigenvalue weighted by atomic mass is 16.5. The van der Waals surface area contributed by atoms with Gasteiger partial charge >= 0.3 is 0 Å². The Bertz CT molecular complexity index is 406. The van der Waals surface area contributed by atoms with Crippen molar-refractivity contribution in [2.75, 3.05) is 32.8 Å². The molecule has 0 aromatic carbocycles. The standard InChI is InChI=1S/C22H39NO2/c1-16-5-17(2)13-23(12-16)14-21(24)15-25-4-3-22-9-18-6-19(10-22)8-20(7-18)11-22/h16-21,24H,3-15H2,1-2H3/t16-,17+,18?,19?,20?,21-,22?/m1/s1. The van der Waals surface area contributed by atoms with Crippen LogP contribution in [0.15, 0.2) is 0 Å². The molecule has 0 aromatic rings. The van der Waals surface area contributed by atoms with E-state index in [1.165, 1.54) is 51.4 Å². The van der Waals surface area contributed by atoms with Gasteiger partial charge in [0.15, 0.2) is 0 Å². The van der Waals surface area contributed by atoms with Gasteiger partial charge in [-0.2, -0.15) is 0 Å². The summed E-state index contributed by atoms with van der Waals surface area (Å²) in [6.07, 6.45) is 11.2. The van der Waals surface area contributed by atoms with Crippen LogP contribution in [0.2, 0.25) is 0 Å². The first-order valence-electron chi connectivity index (χ1n) is 11.0. The van der Waals surface area contributed by atoms with Crippen LogP contribution in [0.5, 0.6) is 0 Å². The zero-order valence-corrected chi connectivity index (χ0v) is 16.5. The summed E-state index contributed by atoms with van der Waals surface area (Å²) in [6.45, 7) is 9.09. The molecular formula is C22H39NO2. The van der Waals surface area contributed by atoms with Crippen LogP contribution in [0, 0.1) is 35.0 Å². The fourth-order valence-corrected chi connectivity index (χ4v) is 7.40. The summed E-state index contributed by atoms with van der Waals surface area (Å²) in [6, 6.07) is 0. The first-order chi connectivity index (χ1) is 12.0. The van der Waals surface area contributed by atoms with E-state index in [0.29, 0.717) is 12.0 Å². The lowest BCUT2D eigenvalue weighted by atomic mass is 9.49. The molecule has 4 saturated carbocycles. The SMILES string of the molecule is C[C@@H]1C[C@H](C)CN(C[C@@H](O)COCCC23CC4CC(CC(C4)C2)C3)C1. The number of β-amino-alcohol motifs (C(OH)–C–C–N with tert-alkyl or cyclic N) is 1. The van der Waals surface area contributed by atoms with Crippen LogP contribution in [0.3, 0.4) is 0 Å². The van der Waals surface area contributed by atoms with Gasteiger partial charge in [0.1, 0.15) is 0 Å². The van der Waals surface area contributed by atoms with Crippen LogP contribution in [-0.4, -0.2) is 49.0 Å². The Morgan fingerprint density at radius 3 is 2.08 bits per heavy atom. The van der Waals surface area contributed by atoms with Crippen molar-refractivity contribution in [2.45, 2.75) is 71.3 Å². The normalized spacial score (nSPS) is 45.0. The Labute approximate surface area is 154 Å². The van der Waals surface area contributed by atoms with Crippen LogP contribution in [0.1, 0.15) is 65.2 Å². The molecule has 3 heteroatoms. The average Bonchev–Trinajstić information content (AvgIpc) is 2.49. The molecule has 4 bridgehead atoms. The maximum Gasteiger partial charge on any atom is 0.0900 e. The van der Waals surface area contributed by atoms with E-state index < -0.39 is 0 Å². The van der Waals surface area contributed by atoms with Gasteiger partial charge in [0.2, 0.25) is 0 Å². The van der Waals surface area contributed by atoms with Gasteiger partial charge in [-0.05, 0) is 86.4 Å². The van der Waals surface area contributed by atoms with Crippen LogP contribution in [0.25, 0.3) is 0 Å². The van der Waals surface area contributed by atoms with Crippen molar-refractivity contribution in [1.29, 1.82) is 0 Å². The smallest absolute Gasteiger partial charge is 0.0900 e. The number of likely N-dealkylation sites (tertiary alicyclic amines) is 1. The quantitative estimate of drug-likeness (QED) is 0.707. The summed E-state index contributed by atoms with van der Waals surface area (Å²) in [4.78, 5) is 2.44. The van der Waals surface area contributed by atoms with Crippen molar-refractivity contribution in [3.8, 4) is 0 Å². The van der Waals surface area contributed by atoms with E-state index in [0.717, 1.165) is 55.8 Å². The van der Waals surface area contributed by atoms with E-state index in [2.05, 4.69) is 18.7 Å². The third-order valence-corrected chi connectivity index (χ3v) is 7.67. The molecule has 1 aliphatic heterocycles. The molecule has 0 amide bonds. The largest absolute Gasteiger partial charge is 0.389 e. The molecule has 4 aliphatic carbocycles. The minimum absolute atomic E-state index is 0.325. The third-order valence-electron chi connectivity index (χ3n) is 7.67. The van der Waals surface area contributed by atoms with Crippen molar-refractivity contribution in [1.82, 2.24) is 4.90 Å². The fourth-order valence-electron chi connectivity index (χ4n) is 7.40. The molecule has 3 nitrogen and oxygen atoms in total. The molecule has 0 aromatic heterocycles. The van der Waals surface area contributed by atoms with Crippen LogP contribution in [-0.2, 0) is 4.74 Å². The van der Waals surface area contributed by atoms with Crippen LogP contribution in [0.4, 0.5) is 0 Å². The molecule has 1 N–H and O–H groups in total. The summed E-state index contributed by atoms with van der Waals surface area (Å²) >= 11 is 0. The Kier molecular flexibility index (Phi) is 5.46. The van der Waals surface area contributed by atoms with E-state index >= 15 is 0 Å². The van der Waals surface area contributed by atoms with E-state index in [1.54, 1.807) is 0 Å². The van der Waals surface area contributed by atoms with Gasteiger partial charge in [0.25, 0.3) is 0 Å². The van der Waals surface area contributed by atoms with Crippen molar-refractivity contribution >= 4 is 0 Å². The number of aliphatic hydroxyl groups is 1. The summed E-state index contributed by atoms with van der Waals surface area (Å²) in [5, 5.41) is 10.4. The van der Waals surface area contributed by atoms with Crippen molar-refractivity contribution in [3.63, 3.8) is 0 Å². The third kappa shape index (κ3) is 4.42. The summed E-state index contributed by atoms with van der Waals surface area (Å²) in [7, 11) is 0. The molecule has 3 atom stereocenters. The molecule has 1 heterocycles. The monoisotopic (exact) mass is 349 g/mol. The highest BCUT2D eigenvalue weighted by molar-refractivity contribution is 5.01. The number of nitrogens with zero attached hydrogens (tertiary/aromatic N) is 1. The van der Waals surface area contributed by atoms with Gasteiger partial charge in [-0.3, -0.25) is 0 Å². The van der Waals surface area contributed by atoms with Crippen molar-refractivity contribution in [3.05, 3.63) is 0 Å². The topological polar surface area (TPSA) is 32.7 Å². The second-order valence-corrected chi connectivity index (χ2v) is 10.6. The lowest BCUT2D eigenvalue weighted by Gasteiger charge is -2.57. The lowest BCUT2D eigenvalue weighted by Crippen LogP contribution is -2.46. The van der Waals surface area contributed by atoms with Gasteiger partial charge in [0, 0.05) is 26.2 Å². The van der Waals surface area contributed by atoms with Crippen LogP contribution >= 0.6 is 0 Å². The zero-order chi connectivity index (χ0) is 17.4. The predicted molar refractivity (Wildman–Crippen MR) is 101 cm³/mol. The number of rotatable bonds is 7. The van der Waals surface area contributed by atoms with Crippen molar-refractivity contribution < 1.29 is 9.84 Å². The number of ether oxygens (including phenoxy) is 1. The Morgan fingerprint density at radius 1 is 0.960 bits per heavy atom. The van der Waals surface area contributed by atoms with Crippen LogP contribution < -0.4 is 0 Å². The second-order valence-electron chi connectivity index (χ2n) is 10.6. The van der Waals surface area contributed by atoms with Gasteiger partial charge < -0.3 is 14.7 Å². The van der Waals surface area contributed by atoms with Gasteiger partial charge in [-0.1, -0.05) is 13.8 Å². The molecule has 0 spiro atoms. The van der Waals surface area contributed by atoms with E-state index in [4.69, 9.17) is 4.74 Å². The predicted octanol–water partition coefficient (Wildman–Crippen LogP) is 3.95. The molecule has 5 aliphatic rings. The maximum absolute atomic E-state index is 10.4. The maximum atomic E-state index is 10.4. The molecule has 5 rings (SSSR count). The molecule has 25 heavy (non-hydrogen) atoms.